The van der Waals surface area contributed by atoms with Gasteiger partial charge >= 0.3 is 0 Å². The lowest BCUT2D eigenvalue weighted by Crippen LogP contribution is -2.31. The Hall–Kier alpha value is -2.61. The summed E-state index contributed by atoms with van der Waals surface area (Å²) in [7, 11) is 0. The number of carbonyl (C=O) groups excluding carboxylic acids is 3. The van der Waals surface area contributed by atoms with Crippen LogP contribution in [-0.2, 0) is 0 Å². The van der Waals surface area contributed by atoms with Crippen molar-refractivity contribution in [3.05, 3.63) is 39.9 Å². The molecule has 23 heavy (non-hydrogen) atoms. The van der Waals surface area contributed by atoms with E-state index in [1.807, 2.05) is 0 Å². The van der Waals surface area contributed by atoms with Crippen LogP contribution in [-0.4, -0.2) is 38.9 Å². The Kier molecular flexibility index (Phi) is 3.02. The van der Waals surface area contributed by atoms with Crippen LogP contribution in [0.5, 0.6) is 0 Å². The van der Waals surface area contributed by atoms with E-state index in [0.29, 0.717) is 21.8 Å². The molecule has 1 saturated carbocycles. The van der Waals surface area contributed by atoms with Crippen molar-refractivity contribution in [2.24, 2.45) is 0 Å². The molecule has 1 fully saturated rings. The first kappa shape index (κ1) is 14.0. The van der Waals surface area contributed by atoms with Gasteiger partial charge in [0, 0.05) is 11.6 Å². The molecule has 0 atom stereocenters. The normalized spacial score (nSPS) is 16.7. The predicted octanol–water partition coefficient (Wildman–Crippen LogP) is 1.86. The van der Waals surface area contributed by atoms with Crippen molar-refractivity contribution in [2.45, 2.75) is 25.8 Å². The highest BCUT2D eigenvalue weighted by atomic mass is 32.1. The molecule has 0 bridgehead atoms. The van der Waals surface area contributed by atoms with Crippen molar-refractivity contribution in [2.75, 3.05) is 5.32 Å². The molecule has 1 aromatic carbocycles. The smallest absolute Gasteiger partial charge is 0.261 e. The lowest BCUT2D eigenvalue weighted by atomic mass is 10.1. The largest absolute Gasteiger partial charge is 0.296 e. The number of carbonyl (C=O) groups is 3. The maximum atomic E-state index is 12.4. The number of anilines is 1. The van der Waals surface area contributed by atoms with E-state index in [0.717, 1.165) is 17.8 Å². The Labute approximate surface area is 135 Å². The van der Waals surface area contributed by atoms with Gasteiger partial charge in [0.15, 0.2) is 0 Å². The van der Waals surface area contributed by atoms with Gasteiger partial charge in [-0.15, -0.1) is 10.2 Å². The van der Waals surface area contributed by atoms with Crippen LogP contribution in [0.2, 0.25) is 0 Å². The fourth-order valence-corrected chi connectivity index (χ4v) is 3.17. The van der Waals surface area contributed by atoms with E-state index in [-0.39, 0.29) is 23.8 Å². The monoisotopic (exact) mass is 328 g/mol. The second-order valence-electron chi connectivity index (χ2n) is 5.55. The van der Waals surface area contributed by atoms with Crippen LogP contribution in [0.25, 0.3) is 0 Å². The Morgan fingerprint density at radius 2 is 1.96 bits per heavy atom. The van der Waals surface area contributed by atoms with Crippen LogP contribution in [0.1, 0.15) is 48.9 Å². The second kappa shape index (κ2) is 4.95. The van der Waals surface area contributed by atoms with Crippen molar-refractivity contribution in [1.29, 1.82) is 0 Å². The Bertz CT molecular complexity index is 856. The first-order chi connectivity index (χ1) is 11.0. The van der Waals surface area contributed by atoms with Gasteiger partial charge in [0.1, 0.15) is 5.01 Å². The number of fused-ring (bicyclic) bond motifs is 1. The van der Waals surface area contributed by atoms with Crippen LogP contribution >= 0.6 is 11.3 Å². The number of imide groups is 1. The molecule has 0 spiro atoms. The summed E-state index contributed by atoms with van der Waals surface area (Å²) < 4.78 is 0. The van der Waals surface area contributed by atoms with Gasteiger partial charge in [0.25, 0.3) is 17.7 Å². The molecule has 3 amide bonds. The summed E-state index contributed by atoms with van der Waals surface area (Å²) in [5, 5.41) is 11.4. The van der Waals surface area contributed by atoms with Gasteiger partial charge in [-0.05, 0) is 38.0 Å². The van der Waals surface area contributed by atoms with E-state index < -0.39 is 0 Å². The number of nitrogens with zero attached hydrogens (tertiary/aromatic N) is 3. The number of hydrogen-bond donors (Lipinski definition) is 1. The highest BCUT2D eigenvalue weighted by Crippen LogP contribution is 2.35. The molecule has 2 aromatic rings. The van der Waals surface area contributed by atoms with Crippen molar-refractivity contribution in [3.8, 4) is 0 Å². The van der Waals surface area contributed by atoms with Crippen molar-refractivity contribution in [1.82, 2.24) is 15.1 Å². The van der Waals surface area contributed by atoms with Gasteiger partial charge in [-0.3, -0.25) is 24.6 Å². The summed E-state index contributed by atoms with van der Waals surface area (Å²) in [4.78, 5) is 38.2. The van der Waals surface area contributed by atoms with Crippen molar-refractivity contribution in [3.63, 3.8) is 0 Å². The van der Waals surface area contributed by atoms with Gasteiger partial charge in [0.05, 0.1) is 11.1 Å². The fourth-order valence-electron chi connectivity index (χ4n) is 2.58. The lowest BCUT2D eigenvalue weighted by Gasteiger charge is -2.11. The summed E-state index contributed by atoms with van der Waals surface area (Å²) >= 11 is 1.27. The van der Waals surface area contributed by atoms with E-state index in [9.17, 15) is 14.4 Å². The van der Waals surface area contributed by atoms with Gasteiger partial charge in [-0.25, -0.2) is 0 Å². The molecule has 0 saturated heterocycles. The maximum Gasteiger partial charge on any atom is 0.261 e. The zero-order valence-corrected chi connectivity index (χ0v) is 13.0. The van der Waals surface area contributed by atoms with E-state index in [2.05, 4.69) is 15.5 Å². The molecule has 116 valence electrons. The first-order valence-electron chi connectivity index (χ1n) is 7.18. The van der Waals surface area contributed by atoms with Gasteiger partial charge in [-0.1, -0.05) is 11.3 Å². The van der Waals surface area contributed by atoms with Crippen LogP contribution in [0.4, 0.5) is 5.13 Å². The standard InChI is InChI=1S/C15H12N4O3S/c1-7-17-18-15(23-7)16-12(20)8-2-5-10-11(6-8)14(22)19(13(10)21)9-3-4-9/h2,5-6,9H,3-4H2,1H3,(H,16,18,20). The van der Waals surface area contributed by atoms with E-state index in [4.69, 9.17) is 0 Å². The number of amides is 3. The molecule has 8 heteroatoms. The SMILES string of the molecule is Cc1nnc(NC(=O)c2ccc3c(c2)C(=O)N(C2CC2)C3=O)s1. The molecule has 1 aliphatic carbocycles. The zero-order valence-electron chi connectivity index (χ0n) is 12.2. The molecule has 1 aliphatic heterocycles. The third-order valence-corrected chi connectivity index (χ3v) is 4.59. The minimum Gasteiger partial charge on any atom is -0.296 e. The van der Waals surface area contributed by atoms with Crippen molar-refractivity contribution < 1.29 is 14.4 Å². The predicted molar refractivity (Wildman–Crippen MR) is 82.6 cm³/mol. The highest BCUT2D eigenvalue weighted by molar-refractivity contribution is 7.15. The summed E-state index contributed by atoms with van der Waals surface area (Å²) in [6.07, 6.45) is 1.71. The van der Waals surface area contributed by atoms with Gasteiger partial charge in [-0.2, -0.15) is 0 Å². The molecule has 1 aromatic heterocycles. The number of hydrogen-bond acceptors (Lipinski definition) is 6. The van der Waals surface area contributed by atoms with Crippen LogP contribution in [0.15, 0.2) is 18.2 Å². The Balaban J connectivity index is 1.62. The lowest BCUT2D eigenvalue weighted by molar-refractivity contribution is 0.0642. The Morgan fingerprint density at radius 1 is 1.22 bits per heavy atom. The molecule has 2 heterocycles. The molecule has 0 unspecified atom stereocenters. The van der Waals surface area contributed by atoms with E-state index in [1.165, 1.54) is 28.4 Å². The summed E-state index contributed by atoms with van der Waals surface area (Å²) in [5.41, 5.74) is 0.976. The number of nitrogens with one attached hydrogen (secondary N) is 1. The number of benzene rings is 1. The van der Waals surface area contributed by atoms with E-state index >= 15 is 0 Å². The highest BCUT2D eigenvalue weighted by Gasteiger charge is 2.44. The van der Waals surface area contributed by atoms with Crippen LogP contribution < -0.4 is 5.32 Å². The van der Waals surface area contributed by atoms with Crippen molar-refractivity contribution >= 4 is 34.2 Å². The van der Waals surface area contributed by atoms with Crippen LogP contribution in [0, 0.1) is 6.92 Å². The average Bonchev–Trinajstić information content (AvgIpc) is 3.23. The molecular weight excluding hydrogens is 316 g/mol. The zero-order chi connectivity index (χ0) is 16.1. The first-order valence-corrected chi connectivity index (χ1v) is 7.99. The summed E-state index contributed by atoms with van der Waals surface area (Å²) in [5.74, 6) is -0.956. The number of aromatic nitrogens is 2. The van der Waals surface area contributed by atoms with Crippen LogP contribution in [0.3, 0.4) is 0 Å². The molecule has 0 radical (unpaired) electrons. The fraction of sp³-hybridized carbons (Fsp3) is 0.267. The molecule has 4 rings (SSSR count). The quantitative estimate of drug-likeness (QED) is 0.868. The average molecular weight is 328 g/mol. The molecule has 1 N–H and O–H groups in total. The van der Waals surface area contributed by atoms with E-state index in [1.54, 1.807) is 13.0 Å². The topological polar surface area (TPSA) is 92.3 Å². The minimum absolute atomic E-state index is 0.0176. The number of rotatable bonds is 3. The summed E-state index contributed by atoms with van der Waals surface area (Å²) in [6, 6.07) is 4.58. The molecule has 2 aliphatic rings. The number of aryl methyl sites for hydroxylation is 1. The second-order valence-corrected chi connectivity index (χ2v) is 6.73. The molecular formula is C15H12N4O3S. The third kappa shape index (κ3) is 2.31. The molecule has 7 nitrogen and oxygen atoms in total. The minimum atomic E-state index is -0.380. The summed E-state index contributed by atoms with van der Waals surface area (Å²) in [6.45, 7) is 1.79. The Morgan fingerprint density at radius 3 is 2.61 bits per heavy atom. The van der Waals surface area contributed by atoms with Gasteiger partial charge < -0.3 is 0 Å². The third-order valence-electron chi connectivity index (χ3n) is 3.84. The maximum absolute atomic E-state index is 12.4. The van der Waals surface area contributed by atoms with Gasteiger partial charge in [0.2, 0.25) is 5.13 Å².